The molecule has 5 heteroatoms. The maximum Gasteiger partial charge on any atom is 0.216 e. The van der Waals surface area contributed by atoms with Crippen molar-refractivity contribution in [2.75, 3.05) is 0 Å². The predicted molar refractivity (Wildman–Crippen MR) is 92.8 cm³/mol. The quantitative estimate of drug-likeness (QED) is 0.748. The Morgan fingerprint density at radius 2 is 1.65 bits per heavy atom. The molecule has 0 fully saturated rings. The lowest BCUT2D eigenvalue weighted by atomic mass is 10.0. The van der Waals surface area contributed by atoms with Gasteiger partial charge in [-0.05, 0) is 47.4 Å². The second-order valence-electron chi connectivity index (χ2n) is 5.40. The van der Waals surface area contributed by atoms with E-state index >= 15 is 0 Å². The minimum atomic E-state index is -3.85. The van der Waals surface area contributed by atoms with Crippen molar-refractivity contribution in [3.05, 3.63) is 69.6 Å². The van der Waals surface area contributed by atoms with Crippen molar-refractivity contribution >= 4 is 27.5 Å². The van der Waals surface area contributed by atoms with Crippen LogP contribution in [0, 0.1) is 11.3 Å². The van der Waals surface area contributed by atoms with Crippen LogP contribution in [0.2, 0.25) is 5.02 Å². The van der Waals surface area contributed by atoms with Gasteiger partial charge in [-0.1, -0.05) is 49.7 Å². The van der Waals surface area contributed by atoms with Crippen LogP contribution in [0.4, 0.5) is 0 Å². The van der Waals surface area contributed by atoms with Gasteiger partial charge in [0, 0.05) is 5.02 Å². The molecule has 2 aromatic rings. The smallest absolute Gasteiger partial charge is 0.216 e. The van der Waals surface area contributed by atoms with Crippen LogP contribution in [-0.4, -0.2) is 8.42 Å². The number of sulfone groups is 1. The Morgan fingerprint density at radius 3 is 2.13 bits per heavy atom. The van der Waals surface area contributed by atoms with E-state index in [9.17, 15) is 13.7 Å². The van der Waals surface area contributed by atoms with E-state index in [1.807, 2.05) is 24.3 Å². The lowest BCUT2D eigenvalue weighted by Crippen LogP contribution is -2.03. The molecule has 0 N–H and O–H groups in total. The second-order valence-corrected chi connectivity index (χ2v) is 7.75. The Balaban J connectivity index is 2.42. The van der Waals surface area contributed by atoms with Crippen LogP contribution in [0.1, 0.15) is 30.9 Å². The summed E-state index contributed by atoms with van der Waals surface area (Å²) in [6, 6.07) is 15.0. The van der Waals surface area contributed by atoms with Crippen LogP contribution in [0.5, 0.6) is 0 Å². The molecule has 0 bridgehead atoms. The third kappa shape index (κ3) is 4.01. The van der Waals surface area contributed by atoms with Gasteiger partial charge in [-0.15, -0.1) is 0 Å². The van der Waals surface area contributed by atoms with Gasteiger partial charge in [0.1, 0.15) is 11.0 Å². The number of allylic oxidation sites excluding steroid dienone is 1. The molecule has 23 heavy (non-hydrogen) atoms. The minimum absolute atomic E-state index is 0.0495. The molecule has 3 nitrogen and oxygen atoms in total. The number of hydrogen-bond donors (Lipinski definition) is 0. The Labute approximate surface area is 141 Å². The van der Waals surface area contributed by atoms with Crippen LogP contribution < -0.4 is 0 Å². The first-order valence-corrected chi connectivity index (χ1v) is 8.93. The van der Waals surface area contributed by atoms with E-state index < -0.39 is 9.84 Å². The van der Waals surface area contributed by atoms with Crippen molar-refractivity contribution in [3.8, 4) is 6.07 Å². The van der Waals surface area contributed by atoms with Gasteiger partial charge in [0.15, 0.2) is 0 Å². The predicted octanol–water partition coefficient (Wildman–Crippen LogP) is 4.80. The van der Waals surface area contributed by atoms with Crippen molar-refractivity contribution < 1.29 is 8.42 Å². The van der Waals surface area contributed by atoms with E-state index in [2.05, 4.69) is 13.8 Å². The molecular weight excluding hydrogens is 330 g/mol. The van der Waals surface area contributed by atoms with Crippen LogP contribution in [0.15, 0.2) is 58.3 Å². The van der Waals surface area contributed by atoms with Gasteiger partial charge in [-0.3, -0.25) is 0 Å². The van der Waals surface area contributed by atoms with Crippen molar-refractivity contribution in [1.82, 2.24) is 0 Å². The van der Waals surface area contributed by atoms with E-state index in [0.717, 1.165) is 5.56 Å². The Morgan fingerprint density at radius 1 is 1.09 bits per heavy atom. The summed E-state index contributed by atoms with van der Waals surface area (Å²) >= 11 is 5.77. The summed E-state index contributed by atoms with van der Waals surface area (Å²) in [5.74, 6) is 0.390. The highest BCUT2D eigenvalue weighted by molar-refractivity contribution is 7.95. The fourth-order valence-electron chi connectivity index (χ4n) is 2.04. The molecule has 0 atom stereocenters. The third-order valence-electron chi connectivity index (χ3n) is 3.42. The first kappa shape index (κ1) is 17.3. The minimum Gasteiger partial charge on any atom is -0.218 e. The first-order chi connectivity index (χ1) is 10.8. The molecule has 0 aliphatic rings. The summed E-state index contributed by atoms with van der Waals surface area (Å²) in [6.45, 7) is 4.16. The zero-order chi connectivity index (χ0) is 17.0. The van der Waals surface area contributed by atoms with E-state index in [-0.39, 0.29) is 9.80 Å². The van der Waals surface area contributed by atoms with Crippen molar-refractivity contribution in [3.63, 3.8) is 0 Å². The highest BCUT2D eigenvalue weighted by atomic mass is 35.5. The molecule has 0 spiro atoms. The summed E-state index contributed by atoms with van der Waals surface area (Å²) in [5, 5.41) is 9.70. The fraction of sp³-hybridized carbons (Fsp3) is 0.167. The monoisotopic (exact) mass is 345 g/mol. The zero-order valence-corrected chi connectivity index (χ0v) is 14.4. The molecule has 0 amide bonds. The summed E-state index contributed by atoms with van der Waals surface area (Å²) < 4.78 is 25.0. The van der Waals surface area contributed by atoms with Crippen LogP contribution in [-0.2, 0) is 9.84 Å². The molecule has 0 aromatic heterocycles. The molecule has 0 saturated carbocycles. The standard InChI is InChI=1S/C18H16ClNO2S/c1-13(2)15-5-3-14(4-6-15)11-18(12-20)23(21,22)17-9-7-16(19)8-10-17/h3-11,13H,1-2H3. The van der Waals surface area contributed by atoms with Gasteiger partial charge in [-0.2, -0.15) is 5.26 Å². The first-order valence-electron chi connectivity index (χ1n) is 7.07. The topological polar surface area (TPSA) is 57.9 Å². The maximum absolute atomic E-state index is 12.5. The van der Waals surface area contributed by atoms with Crippen molar-refractivity contribution in [1.29, 1.82) is 5.26 Å². The SMILES string of the molecule is CC(C)c1ccc(C=C(C#N)S(=O)(=O)c2ccc(Cl)cc2)cc1. The second kappa shape index (κ2) is 6.99. The summed E-state index contributed by atoms with van der Waals surface area (Å²) in [5.41, 5.74) is 1.82. The lowest BCUT2D eigenvalue weighted by molar-refractivity contribution is 0.603. The Hall–Kier alpha value is -2.09. The van der Waals surface area contributed by atoms with Crippen LogP contribution in [0.25, 0.3) is 6.08 Å². The fourth-order valence-corrected chi connectivity index (χ4v) is 3.32. The third-order valence-corrected chi connectivity index (χ3v) is 5.36. The summed E-state index contributed by atoms with van der Waals surface area (Å²) in [6.07, 6.45) is 1.38. The molecule has 0 unspecified atom stereocenters. The number of halogens is 1. The van der Waals surface area contributed by atoms with Crippen LogP contribution >= 0.6 is 11.6 Å². The highest BCUT2D eigenvalue weighted by Crippen LogP contribution is 2.23. The number of hydrogen-bond acceptors (Lipinski definition) is 3. The van der Waals surface area contributed by atoms with Gasteiger partial charge in [-0.25, -0.2) is 8.42 Å². The lowest BCUT2D eigenvalue weighted by Gasteiger charge is -2.06. The summed E-state index contributed by atoms with van der Waals surface area (Å²) in [4.78, 5) is -0.245. The van der Waals surface area contributed by atoms with Gasteiger partial charge in [0.2, 0.25) is 9.84 Å². The molecule has 118 valence electrons. The molecule has 0 aliphatic carbocycles. The van der Waals surface area contributed by atoms with E-state index in [1.165, 1.54) is 30.3 Å². The largest absolute Gasteiger partial charge is 0.218 e. The van der Waals surface area contributed by atoms with Gasteiger partial charge >= 0.3 is 0 Å². The molecule has 0 radical (unpaired) electrons. The number of benzene rings is 2. The average molecular weight is 346 g/mol. The van der Waals surface area contributed by atoms with E-state index in [0.29, 0.717) is 16.5 Å². The molecule has 0 heterocycles. The molecule has 2 aromatic carbocycles. The van der Waals surface area contributed by atoms with Crippen LogP contribution in [0.3, 0.4) is 0 Å². The van der Waals surface area contributed by atoms with Gasteiger partial charge in [0.25, 0.3) is 0 Å². The Bertz CT molecular complexity index is 859. The summed E-state index contributed by atoms with van der Waals surface area (Å²) in [7, 11) is -3.85. The highest BCUT2D eigenvalue weighted by Gasteiger charge is 2.20. The van der Waals surface area contributed by atoms with Crippen molar-refractivity contribution in [2.24, 2.45) is 0 Å². The molecule has 0 aliphatic heterocycles. The number of rotatable bonds is 4. The van der Waals surface area contributed by atoms with E-state index in [1.54, 1.807) is 6.07 Å². The van der Waals surface area contributed by atoms with Gasteiger partial charge < -0.3 is 0 Å². The van der Waals surface area contributed by atoms with Crippen molar-refractivity contribution in [2.45, 2.75) is 24.7 Å². The normalized spacial score (nSPS) is 12.2. The zero-order valence-electron chi connectivity index (χ0n) is 12.8. The molecule has 0 saturated heterocycles. The molecular formula is C18H16ClNO2S. The van der Waals surface area contributed by atoms with E-state index in [4.69, 9.17) is 11.6 Å². The number of nitriles is 1. The molecule has 2 rings (SSSR count). The average Bonchev–Trinajstić information content (AvgIpc) is 2.53. The van der Waals surface area contributed by atoms with Gasteiger partial charge in [0.05, 0.1) is 4.90 Å². The number of nitrogens with zero attached hydrogens (tertiary/aromatic N) is 1. The Kier molecular flexibility index (Phi) is 5.25. The maximum atomic E-state index is 12.5.